The molecule has 1 aliphatic heterocycles. The molecule has 0 atom stereocenters. The van der Waals surface area contributed by atoms with Gasteiger partial charge in [0.1, 0.15) is 5.69 Å². The molecule has 1 aliphatic carbocycles. The second-order valence-corrected chi connectivity index (χ2v) is 5.81. The van der Waals surface area contributed by atoms with Crippen LogP contribution in [0.4, 0.5) is 5.69 Å². The number of hydrogen-bond acceptors (Lipinski definition) is 5. The number of nitrogens with one attached hydrogen (secondary N) is 1. The second-order valence-electron chi connectivity index (χ2n) is 5.81. The Labute approximate surface area is 124 Å². The standard InChI is InChI=1S/C15H22N4O2/c16-12-7-11(8-12)10-18-13-1-2-17-14(9-13)15(20)19-3-5-21-6-4-19/h1-2,9,11-12H,3-8,10,16H2,(H,17,18). The normalized spacial score (nSPS) is 25.3. The summed E-state index contributed by atoms with van der Waals surface area (Å²) in [6.45, 7) is 3.39. The first-order valence-corrected chi connectivity index (χ1v) is 7.55. The maximum Gasteiger partial charge on any atom is 0.272 e. The van der Waals surface area contributed by atoms with Gasteiger partial charge in [-0.15, -0.1) is 0 Å². The van der Waals surface area contributed by atoms with E-state index in [1.165, 1.54) is 0 Å². The maximum absolute atomic E-state index is 12.4. The number of ether oxygens (including phenoxy) is 1. The molecular formula is C15H22N4O2. The molecule has 6 nitrogen and oxygen atoms in total. The van der Waals surface area contributed by atoms with Crippen molar-refractivity contribution in [1.82, 2.24) is 9.88 Å². The van der Waals surface area contributed by atoms with Gasteiger partial charge in [-0.05, 0) is 30.9 Å². The van der Waals surface area contributed by atoms with Gasteiger partial charge in [0.2, 0.25) is 0 Å². The van der Waals surface area contributed by atoms with Gasteiger partial charge in [0.05, 0.1) is 13.2 Å². The monoisotopic (exact) mass is 290 g/mol. The van der Waals surface area contributed by atoms with Gasteiger partial charge >= 0.3 is 0 Å². The number of nitrogens with zero attached hydrogens (tertiary/aromatic N) is 2. The van der Waals surface area contributed by atoms with Crippen LogP contribution in [0.15, 0.2) is 18.3 Å². The van der Waals surface area contributed by atoms with Crippen LogP contribution in [0, 0.1) is 5.92 Å². The highest BCUT2D eigenvalue weighted by atomic mass is 16.5. The smallest absolute Gasteiger partial charge is 0.272 e. The first-order chi connectivity index (χ1) is 10.2. The Morgan fingerprint density at radius 3 is 2.90 bits per heavy atom. The number of aromatic nitrogens is 1. The van der Waals surface area contributed by atoms with E-state index < -0.39 is 0 Å². The quantitative estimate of drug-likeness (QED) is 0.853. The average molecular weight is 290 g/mol. The van der Waals surface area contributed by atoms with E-state index in [2.05, 4.69) is 10.3 Å². The molecule has 0 aromatic carbocycles. The van der Waals surface area contributed by atoms with Gasteiger partial charge in [0.15, 0.2) is 0 Å². The van der Waals surface area contributed by atoms with Crippen LogP contribution in [0.25, 0.3) is 0 Å². The summed E-state index contributed by atoms with van der Waals surface area (Å²) in [5, 5.41) is 3.37. The van der Waals surface area contributed by atoms with Crippen molar-refractivity contribution in [2.45, 2.75) is 18.9 Å². The van der Waals surface area contributed by atoms with E-state index in [-0.39, 0.29) is 5.91 Å². The van der Waals surface area contributed by atoms with Gasteiger partial charge < -0.3 is 20.7 Å². The molecule has 2 heterocycles. The summed E-state index contributed by atoms with van der Waals surface area (Å²) in [5.74, 6) is 0.624. The number of hydrogen-bond donors (Lipinski definition) is 2. The van der Waals surface area contributed by atoms with Crippen molar-refractivity contribution in [3.63, 3.8) is 0 Å². The molecule has 2 aliphatic rings. The first-order valence-electron chi connectivity index (χ1n) is 7.55. The molecule has 3 N–H and O–H groups in total. The summed E-state index contributed by atoms with van der Waals surface area (Å²) >= 11 is 0. The highest BCUT2D eigenvalue weighted by Crippen LogP contribution is 2.25. The first kappa shape index (κ1) is 14.3. The van der Waals surface area contributed by atoms with Gasteiger partial charge in [-0.2, -0.15) is 0 Å². The maximum atomic E-state index is 12.4. The lowest BCUT2D eigenvalue weighted by atomic mass is 9.81. The fourth-order valence-corrected chi connectivity index (χ4v) is 2.80. The fraction of sp³-hybridized carbons (Fsp3) is 0.600. The van der Waals surface area contributed by atoms with E-state index in [1.54, 1.807) is 11.1 Å². The van der Waals surface area contributed by atoms with E-state index in [9.17, 15) is 4.79 Å². The highest BCUT2D eigenvalue weighted by Gasteiger charge is 2.25. The molecule has 6 heteroatoms. The summed E-state index contributed by atoms with van der Waals surface area (Å²) in [4.78, 5) is 18.4. The lowest BCUT2D eigenvalue weighted by Crippen LogP contribution is -2.41. The van der Waals surface area contributed by atoms with E-state index in [4.69, 9.17) is 10.5 Å². The molecule has 0 unspecified atom stereocenters. The molecule has 1 aromatic heterocycles. The Bertz CT molecular complexity index is 496. The summed E-state index contributed by atoms with van der Waals surface area (Å²) in [6, 6.07) is 4.10. The molecule has 1 saturated carbocycles. The van der Waals surface area contributed by atoms with E-state index in [1.807, 2.05) is 12.1 Å². The SMILES string of the molecule is NC1CC(CNc2ccnc(C(=O)N3CCOCC3)c2)C1. The molecule has 114 valence electrons. The summed E-state index contributed by atoms with van der Waals surface area (Å²) in [5.41, 5.74) is 7.23. The van der Waals surface area contributed by atoms with Gasteiger partial charge in [-0.3, -0.25) is 9.78 Å². The van der Waals surface area contributed by atoms with Crippen LogP contribution in [0.5, 0.6) is 0 Å². The van der Waals surface area contributed by atoms with Crippen LogP contribution >= 0.6 is 0 Å². The number of carbonyl (C=O) groups excluding carboxylic acids is 1. The highest BCUT2D eigenvalue weighted by molar-refractivity contribution is 5.93. The van der Waals surface area contributed by atoms with Crippen molar-refractivity contribution >= 4 is 11.6 Å². The Kier molecular flexibility index (Phi) is 4.36. The zero-order chi connectivity index (χ0) is 14.7. The molecular weight excluding hydrogens is 268 g/mol. The van der Waals surface area contributed by atoms with Crippen LogP contribution in [0.2, 0.25) is 0 Å². The fourth-order valence-electron chi connectivity index (χ4n) is 2.80. The number of nitrogens with two attached hydrogens (primary N) is 1. The molecule has 3 rings (SSSR count). The number of amides is 1. The predicted molar refractivity (Wildman–Crippen MR) is 80.1 cm³/mol. The van der Waals surface area contributed by atoms with Crippen molar-refractivity contribution in [1.29, 1.82) is 0 Å². The topological polar surface area (TPSA) is 80.5 Å². The number of rotatable bonds is 4. The lowest BCUT2D eigenvalue weighted by molar-refractivity contribution is 0.0299. The summed E-state index contributed by atoms with van der Waals surface area (Å²) in [7, 11) is 0. The summed E-state index contributed by atoms with van der Waals surface area (Å²) in [6.07, 6.45) is 3.85. The molecule has 1 aromatic rings. The minimum Gasteiger partial charge on any atom is -0.385 e. The zero-order valence-electron chi connectivity index (χ0n) is 12.1. The Hall–Kier alpha value is -1.66. The minimum absolute atomic E-state index is 0.0207. The van der Waals surface area contributed by atoms with Crippen molar-refractivity contribution in [3.8, 4) is 0 Å². The lowest BCUT2D eigenvalue weighted by Gasteiger charge is -2.32. The molecule has 21 heavy (non-hydrogen) atoms. The van der Waals surface area contributed by atoms with E-state index >= 15 is 0 Å². The van der Waals surface area contributed by atoms with Crippen molar-refractivity contribution < 1.29 is 9.53 Å². The zero-order valence-corrected chi connectivity index (χ0v) is 12.1. The van der Waals surface area contributed by atoms with E-state index in [0.717, 1.165) is 25.1 Å². The molecule has 1 saturated heterocycles. The van der Waals surface area contributed by atoms with Crippen LogP contribution < -0.4 is 11.1 Å². The van der Waals surface area contributed by atoms with Crippen molar-refractivity contribution in [2.75, 3.05) is 38.2 Å². The second kappa shape index (κ2) is 6.41. The Morgan fingerprint density at radius 1 is 1.43 bits per heavy atom. The third-order valence-electron chi connectivity index (χ3n) is 4.14. The van der Waals surface area contributed by atoms with Crippen molar-refractivity contribution in [3.05, 3.63) is 24.0 Å². The van der Waals surface area contributed by atoms with Crippen LogP contribution in [0.1, 0.15) is 23.3 Å². The molecule has 2 fully saturated rings. The molecule has 0 bridgehead atoms. The minimum atomic E-state index is -0.0207. The molecule has 0 radical (unpaired) electrons. The largest absolute Gasteiger partial charge is 0.385 e. The Balaban J connectivity index is 1.58. The predicted octanol–water partition coefficient (Wildman–Crippen LogP) is 0.703. The number of pyridine rings is 1. The van der Waals surface area contributed by atoms with Crippen LogP contribution in [-0.2, 0) is 4.74 Å². The van der Waals surface area contributed by atoms with Gasteiger partial charge in [-0.1, -0.05) is 0 Å². The molecule has 1 amide bonds. The third-order valence-corrected chi connectivity index (χ3v) is 4.14. The van der Waals surface area contributed by atoms with Gasteiger partial charge in [0.25, 0.3) is 5.91 Å². The Morgan fingerprint density at radius 2 is 2.19 bits per heavy atom. The number of anilines is 1. The van der Waals surface area contributed by atoms with Crippen molar-refractivity contribution in [2.24, 2.45) is 11.7 Å². The molecule has 0 spiro atoms. The average Bonchev–Trinajstić information content (AvgIpc) is 2.51. The van der Waals surface area contributed by atoms with Gasteiger partial charge in [0, 0.05) is 37.6 Å². The number of morpholine rings is 1. The van der Waals surface area contributed by atoms with Gasteiger partial charge in [-0.25, -0.2) is 0 Å². The van der Waals surface area contributed by atoms with Crippen LogP contribution in [-0.4, -0.2) is 54.7 Å². The van der Waals surface area contributed by atoms with E-state index in [0.29, 0.717) is 44.0 Å². The third kappa shape index (κ3) is 3.51. The number of carbonyl (C=O) groups is 1. The van der Waals surface area contributed by atoms with Crippen LogP contribution in [0.3, 0.4) is 0 Å². The summed E-state index contributed by atoms with van der Waals surface area (Å²) < 4.78 is 5.26.